The molecular weight excluding hydrogens is 300 g/mol. The number of oxazole rings is 1. The van der Waals surface area contributed by atoms with Crippen molar-refractivity contribution in [3.63, 3.8) is 0 Å². The summed E-state index contributed by atoms with van der Waals surface area (Å²) in [5.74, 6) is 0.682. The van der Waals surface area contributed by atoms with Crippen LogP contribution < -0.4 is 10.5 Å². The van der Waals surface area contributed by atoms with Gasteiger partial charge in [-0.25, -0.2) is 18.1 Å². The molecule has 2 rings (SSSR count). The van der Waals surface area contributed by atoms with Gasteiger partial charge in [-0.15, -0.1) is 0 Å². The van der Waals surface area contributed by atoms with Gasteiger partial charge in [-0.3, -0.25) is 10.1 Å². The van der Waals surface area contributed by atoms with Crippen LogP contribution in [0.2, 0.25) is 0 Å². The van der Waals surface area contributed by atoms with E-state index in [-0.39, 0.29) is 18.1 Å². The van der Waals surface area contributed by atoms with Gasteiger partial charge in [0.25, 0.3) is 0 Å². The van der Waals surface area contributed by atoms with Crippen molar-refractivity contribution in [2.75, 3.05) is 5.73 Å². The van der Waals surface area contributed by atoms with Crippen LogP contribution in [0.5, 0.6) is 0 Å². The molecule has 10 heteroatoms. The molecule has 0 amide bonds. The van der Waals surface area contributed by atoms with E-state index in [9.17, 15) is 18.5 Å². The monoisotopic (exact) mass is 312 g/mol. The Kier molecular flexibility index (Phi) is 3.91. The molecule has 0 aliphatic heterocycles. The predicted molar refractivity (Wildman–Crippen MR) is 72.8 cm³/mol. The number of aromatic nitrogens is 1. The zero-order valence-corrected chi connectivity index (χ0v) is 11.8. The molecule has 0 spiro atoms. The number of anilines is 1. The van der Waals surface area contributed by atoms with E-state index in [1.54, 1.807) is 6.92 Å². The normalized spacial score (nSPS) is 11.5. The van der Waals surface area contributed by atoms with E-state index in [4.69, 9.17) is 10.2 Å². The lowest BCUT2D eigenvalue weighted by atomic mass is 10.3. The number of nitrogens with zero attached hydrogens (tertiary/aromatic N) is 2. The van der Waals surface area contributed by atoms with E-state index in [0.717, 1.165) is 6.07 Å². The Hall–Kier alpha value is -2.46. The van der Waals surface area contributed by atoms with Crippen LogP contribution in [0, 0.1) is 17.0 Å². The highest BCUT2D eigenvalue weighted by atomic mass is 32.2. The fraction of sp³-hybridized carbons (Fsp3) is 0.182. The van der Waals surface area contributed by atoms with Gasteiger partial charge in [0.2, 0.25) is 15.9 Å². The van der Waals surface area contributed by atoms with Crippen molar-refractivity contribution in [2.45, 2.75) is 18.4 Å². The van der Waals surface area contributed by atoms with E-state index in [0.29, 0.717) is 5.76 Å². The summed E-state index contributed by atoms with van der Waals surface area (Å²) in [6, 6.07) is 3.69. The largest absolute Gasteiger partial charge is 0.445 e. The van der Waals surface area contributed by atoms with Crippen molar-refractivity contribution in [3.8, 4) is 0 Å². The molecule has 2 aromatic rings. The molecule has 0 bridgehead atoms. The minimum absolute atomic E-state index is 0.155. The molecule has 3 N–H and O–H groups in total. The van der Waals surface area contributed by atoms with Gasteiger partial charge in [-0.1, -0.05) is 6.07 Å². The first-order valence-corrected chi connectivity index (χ1v) is 7.23. The third-order valence-corrected chi connectivity index (χ3v) is 4.02. The molecule has 9 nitrogen and oxygen atoms in total. The molecule has 0 atom stereocenters. The average Bonchev–Trinajstić information content (AvgIpc) is 2.82. The third-order valence-electron chi connectivity index (χ3n) is 2.58. The van der Waals surface area contributed by atoms with Crippen LogP contribution in [0.3, 0.4) is 0 Å². The Balaban J connectivity index is 2.32. The van der Waals surface area contributed by atoms with Crippen LogP contribution in [-0.2, 0) is 16.6 Å². The number of sulfonamides is 1. The molecular formula is C11H12N4O5S. The molecule has 1 heterocycles. The number of hydrogen-bond donors (Lipinski definition) is 2. The zero-order chi connectivity index (χ0) is 15.6. The molecule has 0 unspecified atom stereocenters. The first kappa shape index (κ1) is 14.9. The number of nitro groups is 1. The van der Waals surface area contributed by atoms with Gasteiger partial charge in [0.05, 0.1) is 17.7 Å². The molecule has 0 aliphatic rings. The number of para-hydroxylation sites is 1. The van der Waals surface area contributed by atoms with Crippen molar-refractivity contribution in [1.29, 1.82) is 0 Å². The molecule has 0 saturated heterocycles. The number of benzene rings is 1. The fourth-order valence-electron chi connectivity index (χ4n) is 1.67. The molecule has 0 fully saturated rings. The van der Waals surface area contributed by atoms with Gasteiger partial charge < -0.3 is 10.2 Å². The topological polar surface area (TPSA) is 141 Å². The van der Waals surface area contributed by atoms with Gasteiger partial charge in [0, 0.05) is 0 Å². The summed E-state index contributed by atoms with van der Waals surface area (Å²) in [6.07, 6.45) is 1.44. The first-order chi connectivity index (χ1) is 9.81. The average molecular weight is 312 g/mol. The standard InChI is InChI=1S/C11H12N4O5S/c1-7-5-13-10(20-7)6-14-21(18,19)9-4-2-3-8(12)11(9)15(16)17/h2-5,14H,6,12H2,1H3. The van der Waals surface area contributed by atoms with E-state index in [2.05, 4.69) is 9.71 Å². The Morgan fingerprint density at radius 1 is 1.48 bits per heavy atom. The summed E-state index contributed by atoms with van der Waals surface area (Å²) in [5.41, 5.74) is 4.58. The van der Waals surface area contributed by atoms with Gasteiger partial charge in [-0.05, 0) is 19.1 Å². The number of nitro benzene ring substituents is 1. The predicted octanol–water partition coefficient (Wildman–Crippen LogP) is 0.952. The van der Waals surface area contributed by atoms with Crippen molar-refractivity contribution in [1.82, 2.24) is 9.71 Å². The molecule has 21 heavy (non-hydrogen) atoms. The lowest BCUT2D eigenvalue weighted by Gasteiger charge is -2.07. The van der Waals surface area contributed by atoms with Crippen molar-refractivity contribution in [2.24, 2.45) is 0 Å². The highest BCUT2D eigenvalue weighted by molar-refractivity contribution is 7.89. The SMILES string of the molecule is Cc1cnc(CNS(=O)(=O)c2cccc(N)c2[N+](=O)[O-])o1. The highest BCUT2D eigenvalue weighted by Gasteiger charge is 2.28. The number of aryl methyl sites for hydroxylation is 1. The maximum absolute atomic E-state index is 12.1. The van der Waals surface area contributed by atoms with Crippen LogP contribution in [0.25, 0.3) is 0 Å². The lowest BCUT2D eigenvalue weighted by Crippen LogP contribution is -2.24. The summed E-state index contributed by atoms with van der Waals surface area (Å²) in [7, 11) is -4.12. The van der Waals surface area contributed by atoms with Crippen LogP contribution in [0.4, 0.5) is 11.4 Å². The van der Waals surface area contributed by atoms with Crippen molar-refractivity contribution >= 4 is 21.4 Å². The lowest BCUT2D eigenvalue weighted by molar-refractivity contribution is -0.386. The second-order valence-corrected chi connectivity index (χ2v) is 5.88. The Morgan fingerprint density at radius 3 is 2.76 bits per heavy atom. The van der Waals surface area contributed by atoms with Gasteiger partial charge in [-0.2, -0.15) is 0 Å². The maximum Gasteiger partial charge on any atom is 0.312 e. The van der Waals surface area contributed by atoms with Crippen LogP contribution in [0.15, 0.2) is 33.7 Å². The second kappa shape index (κ2) is 5.50. The number of rotatable bonds is 5. The second-order valence-electron chi connectivity index (χ2n) is 4.14. The minimum Gasteiger partial charge on any atom is -0.445 e. The highest BCUT2D eigenvalue weighted by Crippen LogP contribution is 2.29. The number of nitrogens with two attached hydrogens (primary N) is 1. The smallest absolute Gasteiger partial charge is 0.312 e. The van der Waals surface area contributed by atoms with Crippen LogP contribution in [0.1, 0.15) is 11.7 Å². The van der Waals surface area contributed by atoms with E-state index < -0.39 is 25.5 Å². The van der Waals surface area contributed by atoms with E-state index >= 15 is 0 Å². The van der Waals surface area contributed by atoms with Gasteiger partial charge in [0.15, 0.2) is 4.90 Å². The van der Waals surface area contributed by atoms with Gasteiger partial charge in [0.1, 0.15) is 11.4 Å². The molecule has 1 aromatic heterocycles. The summed E-state index contributed by atoms with van der Waals surface area (Å²) < 4.78 is 31.6. The molecule has 0 aliphatic carbocycles. The minimum atomic E-state index is -4.12. The number of hydrogen-bond acceptors (Lipinski definition) is 7. The summed E-state index contributed by atoms with van der Waals surface area (Å²) in [5, 5.41) is 11.0. The number of nitrogens with one attached hydrogen (secondary N) is 1. The quantitative estimate of drug-likeness (QED) is 0.475. The molecule has 0 radical (unpaired) electrons. The van der Waals surface area contributed by atoms with Gasteiger partial charge >= 0.3 is 5.69 Å². The molecule has 1 aromatic carbocycles. The zero-order valence-electron chi connectivity index (χ0n) is 10.9. The summed E-state index contributed by atoms with van der Waals surface area (Å²) in [4.78, 5) is 13.5. The van der Waals surface area contributed by atoms with Crippen molar-refractivity contribution in [3.05, 3.63) is 46.2 Å². The Morgan fingerprint density at radius 2 is 2.19 bits per heavy atom. The molecule has 0 saturated carbocycles. The number of nitrogen functional groups attached to an aromatic ring is 1. The van der Waals surface area contributed by atoms with Crippen molar-refractivity contribution < 1.29 is 17.8 Å². The fourth-order valence-corrected chi connectivity index (χ4v) is 2.84. The summed E-state index contributed by atoms with van der Waals surface area (Å²) in [6.45, 7) is 1.44. The third kappa shape index (κ3) is 3.17. The first-order valence-electron chi connectivity index (χ1n) is 5.75. The van der Waals surface area contributed by atoms with Crippen LogP contribution in [-0.4, -0.2) is 18.3 Å². The Bertz CT molecular complexity index is 784. The van der Waals surface area contributed by atoms with E-state index in [1.165, 1.54) is 18.3 Å². The maximum atomic E-state index is 12.1. The molecule has 112 valence electrons. The summed E-state index contributed by atoms with van der Waals surface area (Å²) >= 11 is 0. The Labute approximate surface area is 120 Å². The van der Waals surface area contributed by atoms with E-state index in [1.807, 2.05) is 0 Å². The van der Waals surface area contributed by atoms with Crippen LogP contribution >= 0.6 is 0 Å².